The van der Waals surface area contributed by atoms with Crippen molar-refractivity contribution in [2.45, 2.75) is 31.7 Å². The summed E-state index contributed by atoms with van der Waals surface area (Å²) in [7, 11) is 0. The van der Waals surface area contributed by atoms with Crippen molar-refractivity contribution in [3.8, 4) is 0 Å². The molecule has 1 aromatic rings. The highest BCUT2D eigenvalue weighted by Crippen LogP contribution is 2.24. The summed E-state index contributed by atoms with van der Waals surface area (Å²) in [6.07, 6.45) is -2.88. The van der Waals surface area contributed by atoms with Crippen LogP contribution in [0.15, 0.2) is 24.3 Å². The fourth-order valence-electron chi connectivity index (χ4n) is 1.66. The molecule has 0 radical (unpaired) electrons. The lowest BCUT2D eigenvalue weighted by molar-refractivity contribution is -0.167. The molecule has 0 spiro atoms. The van der Waals surface area contributed by atoms with Gasteiger partial charge in [-0.1, -0.05) is 30.7 Å². The number of hydrogen-bond donors (Lipinski definition) is 1. The molecule has 7 heteroatoms. The van der Waals surface area contributed by atoms with E-state index in [-0.39, 0.29) is 12.6 Å². The summed E-state index contributed by atoms with van der Waals surface area (Å²) in [5, 5.41) is 3.67. The molecule has 2 nitrogen and oxygen atoms in total. The standard InChI is InChI=1S/C14H18ClF4NO/c1-2-7-20-12(10-3-5-11(15)6-4-10)8-21-9-14(18,19)13(16)17/h3-6,12-13,20H,2,7-9H2,1H3. The van der Waals surface area contributed by atoms with Gasteiger partial charge in [0.2, 0.25) is 0 Å². The molecule has 0 saturated carbocycles. The fraction of sp³-hybridized carbons (Fsp3) is 0.571. The van der Waals surface area contributed by atoms with Gasteiger partial charge in [0.05, 0.1) is 12.6 Å². The predicted molar refractivity (Wildman–Crippen MR) is 74.3 cm³/mol. The Balaban J connectivity index is 2.60. The molecule has 0 amide bonds. The van der Waals surface area contributed by atoms with Gasteiger partial charge in [0.1, 0.15) is 6.61 Å². The van der Waals surface area contributed by atoms with Crippen molar-refractivity contribution >= 4 is 11.6 Å². The van der Waals surface area contributed by atoms with E-state index in [9.17, 15) is 17.6 Å². The Morgan fingerprint density at radius 3 is 2.38 bits per heavy atom. The van der Waals surface area contributed by atoms with E-state index in [0.717, 1.165) is 12.0 Å². The van der Waals surface area contributed by atoms with Crippen molar-refractivity contribution < 1.29 is 22.3 Å². The van der Waals surface area contributed by atoms with E-state index in [2.05, 4.69) is 5.32 Å². The van der Waals surface area contributed by atoms with Crippen LogP contribution in [-0.2, 0) is 4.74 Å². The molecule has 120 valence electrons. The van der Waals surface area contributed by atoms with Crippen molar-refractivity contribution in [2.75, 3.05) is 19.8 Å². The van der Waals surface area contributed by atoms with Crippen LogP contribution in [-0.4, -0.2) is 32.1 Å². The second-order valence-electron chi connectivity index (χ2n) is 4.64. The molecule has 0 aromatic heterocycles. The number of alkyl halides is 4. The fourth-order valence-corrected chi connectivity index (χ4v) is 1.79. The predicted octanol–water partition coefficient (Wildman–Crippen LogP) is 4.30. The second kappa shape index (κ2) is 8.56. The Labute approximate surface area is 126 Å². The van der Waals surface area contributed by atoms with Gasteiger partial charge in [-0.15, -0.1) is 0 Å². The van der Waals surface area contributed by atoms with Crippen LogP contribution in [0.5, 0.6) is 0 Å². The number of rotatable bonds is 9. The summed E-state index contributed by atoms with van der Waals surface area (Å²) in [6.45, 7) is 1.19. The average Bonchev–Trinajstić information content (AvgIpc) is 2.43. The molecule has 0 aliphatic heterocycles. The molecule has 21 heavy (non-hydrogen) atoms. The number of ether oxygens (including phenoxy) is 1. The highest BCUT2D eigenvalue weighted by atomic mass is 35.5. The zero-order valence-electron chi connectivity index (χ0n) is 11.6. The monoisotopic (exact) mass is 327 g/mol. The van der Waals surface area contributed by atoms with E-state index in [0.29, 0.717) is 11.6 Å². The number of nitrogens with one attached hydrogen (secondary N) is 1. The average molecular weight is 328 g/mol. The summed E-state index contributed by atoms with van der Waals surface area (Å²) in [6, 6.07) is 6.47. The first kappa shape index (κ1) is 18.2. The maximum absolute atomic E-state index is 12.8. The smallest absolute Gasteiger partial charge is 0.330 e. The molecule has 0 saturated heterocycles. The Morgan fingerprint density at radius 2 is 1.86 bits per heavy atom. The van der Waals surface area contributed by atoms with Crippen LogP contribution < -0.4 is 5.32 Å². The van der Waals surface area contributed by atoms with Crippen molar-refractivity contribution in [1.82, 2.24) is 5.32 Å². The van der Waals surface area contributed by atoms with E-state index in [1.54, 1.807) is 24.3 Å². The zero-order valence-corrected chi connectivity index (χ0v) is 12.3. The van der Waals surface area contributed by atoms with Crippen LogP contribution in [0.4, 0.5) is 17.6 Å². The SMILES string of the molecule is CCCNC(COCC(F)(F)C(F)F)c1ccc(Cl)cc1. The number of benzene rings is 1. The Morgan fingerprint density at radius 1 is 1.24 bits per heavy atom. The van der Waals surface area contributed by atoms with Crippen LogP contribution >= 0.6 is 11.6 Å². The van der Waals surface area contributed by atoms with Gasteiger partial charge >= 0.3 is 12.3 Å². The molecule has 0 fully saturated rings. The lowest BCUT2D eigenvalue weighted by Crippen LogP contribution is -2.34. The third-order valence-electron chi connectivity index (χ3n) is 2.81. The van der Waals surface area contributed by atoms with E-state index < -0.39 is 19.0 Å². The van der Waals surface area contributed by atoms with Crippen LogP contribution in [0.1, 0.15) is 24.9 Å². The van der Waals surface area contributed by atoms with Crippen molar-refractivity contribution in [2.24, 2.45) is 0 Å². The Kier molecular flexibility index (Phi) is 7.42. The molecular formula is C14H18ClF4NO. The first-order valence-corrected chi connectivity index (χ1v) is 6.97. The molecule has 0 heterocycles. The largest absolute Gasteiger partial charge is 0.373 e. The van der Waals surface area contributed by atoms with Crippen LogP contribution in [0.2, 0.25) is 5.02 Å². The normalized spacial score (nSPS) is 13.7. The minimum Gasteiger partial charge on any atom is -0.373 e. The highest BCUT2D eigenvalue weighted by Gasteiger charge is 2.41. The Bertz CT molecular complexity index is 414. The van der Waals surface area contributed by atoms with Crippen LogP contribution in [0.25, 0.3) is 0 Å². The van der Waals surface area contributed by atoms with Crippen molar-refractivity contribution in [3.05, 3.63) is 34.9 Å². The lowest BCUT2D eigenvalue weighted by Gasteiger charge is -2.21. The van der Waals surface area contributed by atoms with Gasteiger partial charge in [-0.25, -0.2) is 8.78 Å². The quantitative estimate of drug-likeness (QED) is 0.683. The van der Waals surface area contributed by atoms with Gasteiger partial charge in [0.25, 0.3) is 0 Å². The molecule has 0 aliphatic rings. The second-order valence-corrected chi connectivity index (χ2v) is 5.07. The van der Waals surface area contributed by atoms with Crippen molar-refractivity contribution in [1.29, 1.82) is 0 Å². The summed E-state index contributed by atoms with van der Waals surface area (Å²) in [5.41, 5.74) is 0.799. The maximum Gasteiger partial charge on any atom is 0.330 e. The third-order valence-corrected chi connectivity index (χ3v) is 3.06. The molecular weight excluding hydrogens is 310 g/mol. The summed E-state index contributed by atoms with van der Waals surface area (Å²) in [4.78, 5) is 0. The molecule has 1 aromatic carbocycles. The first-order valence-electron chi connectivity index (χ1n) is 6.59. The zero-order chi connectivity index (χ0) is 15.9. The Hall–Kier alpha value is -0.850. The molecule has 0 aliphatic carbocycles. The summed E-state index contributed by atoms with van der Waals surface area (Å²) >= 11 is 5.79. The minimum atomic E-state index is -4.13. The summed E-state index contributed by atoms with van der Waals surface area (Å²) < 4.78 is 54.5. The topological polar surface area (TPSA) is 21.3 Å². The third kappa shape index (κ3) is 6.20. The lowest BCUT2D eigenvalue weighted by atomic mass is 10.1. The van der Waals surface area contributed by atoms with Gasteiger partial charge < -0.3 is 10.1 Å². The van der Waals surface area contributed by atoms with E-state index in [1.165, 1.54) is 0 Å². The van der Waals surface area contributed by atoms with E-state index in [1.807, 2.05) is 6.92 Å². The van der Waals surface area contributed by atoms with Gasteiger partial charge in [0, 0.05) is 5.02 Å². The van der Waals surface area contributed by atoms with Gasteiger partial charge in [-0.05, 0) is 30.7 Å². The minimum absolute atomic E-state index is 0.121. The van der Waals surface area contributed by atoms with Gasteiger partial charge in [-0.3, -0.25) is 0 Å². The molecule has 1 atom stereocenters. The molecule has 0 bridgehead atoms. The molecule has 1 unspecified atom stereocenters. The van der Waals surface area contributed by atoms with Crippen molar-refractivity contribution in [3.63, 3.8) is 0 Å². The van der Waals surface area contributed by atoms with Gasteiger partial charge in [0.15, 0.2) is 0 Å². The first-order chi connectivity index (χ1) is 9.86. The van der Waals surface area contributed by atoms with Crippen LogP contribution in [0.3, 0.4) is 0 Å². The number of halogens is 5. The number of hydrogen-bond acceptors (Lipinski definition) is 2. The highest BCUT2D eigenvalue weighted by molar-refractivity contribution is 6.30. The van der Waals surface area contributed by atoms with E-state index >= 15 is 0 Å². The maximum atomic E-state index is 12.8. The summed E-state index contributed by atoms with van der Waals surface area (Å²) in [5.74, 6) is -4.13. The molecule has 1 rings (SSSR count). The molecule has 1 N–H and O–H groups in total. The van der Waals surface area contributed by atoms with Crippen LogP contribution in [0, 0.1) is 0 Å². The van der Waals surface area contributed by atoms with Gasteiger partial charge in [-0.2, -0.15) is 8.78 Å². The van der Waals surface area contributed by atoms with E-state index in [4.69, 9.17) is 16.3 Å².